The van der Waals surface area contributed by atoms with Gasteiger partial charge in [-0.25, -0.2) is 8.42 Å². The van der Waals surface area contributed by atoms with Crippen LogP contribution in [0.2, 0.25) is 4.34 Å². The summed E-state index contributed by atoms with van der Waals surface area (Å²) in [6.07, 6.45) is 0. The van der Waals surface area contributed by atoms with Crippen LogP contribution < -0.4 is 0 Å². The molecule has 1 aromatic rings. The summed E-state index contributed by atoms with van der Waals surface area (Å²) in [6, 6.07) is 3.10. The summed E-state index contributed by atoms with van der Waals surface area (Å²) in [5.41, 5.74) is 0. The standard InChI is InChI=1S/C9H11ClO4S2/c1-14-4-5-16(12,13)6-7(11)8-2-3-9(10)15-8/h2-3H,4-6H2,1H3. The first-order chi connectivity index (χ1) is 7.44. The molecule has 0 N–H and O–H groups in total. The van der Waals surface area contributed by atoms with E-state index in [1.807, 2.05) is 0 Å². The van der Waals surface area contributed by atoms with Gasteiger partial charge in [0.05, 0.1) is 21.6 Å². The van der Waals surface area contributed by atoms with E-state index in [-0.39, 0.29) is 12.4 Å². The Kier molecular flexibility index (Phi) is 4.91. The summed E-state index contributed by atoms with van der Waals surface area (Å²) in [6.45, 7) is 0.0980. The smallest absolute Gasteiger partial charge is 0.187 e. The Hall–Kier alpha value is -0.430. The Bertz CT molecular complexity index is 464. The van der Waals surface area contributed by atoms with E-state index in [2.05, 4.69) is 4.74 Å². The molecule has 1 aromatic heterocycles. The average Bonchev–Trinajstić information content (AvgIpc) is 2.61. The fourth-order valence-electron chi connectivity index (χ4n) is 1.02. The Morgan fingerprint density at radius 2 is 2.19 bits per heavy atom. The Balaban J connectivity index is 2.64. The van der Waals surface area contributed by atoms with Crippen molar-refractivity contribution in [2.45, 2.75) is 0 Å². The lowest BCUT2D eigenvalue weighted by molar-refractivity contribution is 0.102. The van der Waals surface area contributed by atoms with E-state index in [4.69, 9.17) is 11.6 Å². The van der Waals surface area contributed by atoms with Gasteiger partial charge in [0.2, 0.25) is 0 Å². The number of thiophene rings is 1. The van der Waals surface area contributed by atoms with Gasteiger partial charge in [0, 0.05) is 7.11 Å². The maximum absolute atomic E-state index is 11.6. The van der Waals surface area contributed by atoms with E-state index in [9.17, 15) is 13.2 Å². The van der Waals surface area contributed by atoms with Gasteiger partial charge in [-0.15, -0.1) is 11.3 Å². The minimum absolute atomic E-state index is 0.0980. The van der Waals surface area contributed by atoms with E-state index in [1.165, 1.54) is 13.2 Å². The van der Waals surface area contributed by atoms with Gasteiger partial charge < -0.3 is 4.74 Å². The number of hydrogen-bond donors (Lipinski definition) is 0. The molecular formula is C9H11ClO4S2. The van der Waals surface area contributed by atoms with Crippen LogP contribution in [0.5, 0.6) is 0 Å². The van der Waals surface area contributed by atoms with Crippen LogP contribution in [0.1, 0.15) is 9.67 Å². The minimum atomic E-state index is -3.39. The van der Waals surface area contributed by atoms with Crippen LogP contribution in [0, 0.1) is 0 Å². The molecule has 0 radical (unpaired) electrons. The minimum Gasteiger partial charge on any atom is -0.384 e. The molecule has 0 aliphatic heterocycles. The lowest BCUT2D eigenvalue weighted by Crippen LogP contribution is -2.20. The van der Waals surface area contributed by atoms with Gasteiger partial charge in [-0.2, -0.15) is 0 Å². The third kappa shape index (κ3) is 4.21. The van der Waals surface area contributed by atoms with Gasteiger partial charge in [0.1, 0.15) is 5.75 Å². The average molecular weight is 283 g/mol. The molecule has 0 fully saturated rings. The van der Waals surface area contributed by atoms with E-state index in [0.29, 0.717) is 9.21 Å². The van der Waals surface area contributed by atoms with Crippen LogP contribution in [0.3, 0.4) is 0 Å². The first-order valence-electron chi connectivity index (χ1n) is 4.42. The van der Waals surface area contributed by atoms with Crippen molar-refractivity contribution in [3.8, 4) is 0 Å². The zero-order valence-electron chi connectivity index (χ0n) is 8.60. The van der Waals surface area contributed by atoms with E-state index < -0.39 is 21.4 Å². The van der Waals surface area contributed by atoms with E-state index in [0.717, 1.165) is 11.3 Å². The van der Waals surface area contributed by atoms with Crippen molar-refractivity contribution in [1.29, 1.82) is 0 Å². The van der Waals surface area contributed by atoms with Crippen LogP contribution in [-0.4, -0.2) is 39.4 Å². The van der Waals surface area contributed by atoms with Crippen molar-refractivity contribution in [2.24, 2.45) is 0 Å². The number of hydrogen-bond acceptors (Lipinski definition) is 5. The molecule has 0 bridgehead atoms. The van der Waals surface area contributed by atoms with Crippen LogP contribution in [-0.2, 0) is 14.6 Å². The number of carbonyl (C=O) groups excluding carboxylic acids is 1. The van der Waals surface area contributed by atoms with Crippen LogP contribution in [0.15, 0.2) is 12.1 Å². The third-order valence-electron chi connectivity index (χ3n) is 1.80. The Morgan fingerprint density at radius 1 is 1.50 bits per heavy atom. The molecular weight excluding hydrogens is 272 g/mol. The monoisotopic (exact) mass is 282 g/mol. The fourth-order valence-corrected chi connectivity index (χ4v) is 3.21. The molecule has 0 saturated carbocycles. The normalized spacial score (nSPS) is 11.6. The molecule has 0 spiro atoms. The maximum Gasteiger partial charge on any atom is 0.187 e. The van der Waals surface area contributed by atoms with Crippen molar-refractivity contribution in [1.82, 2.24) is 0 Å². The highest BCUT2D eigenvalue weighted by Crippen LogP contribution is 2.22. The van der Waals surface area contributed by atoms with Crippen LogP contribution >= 0.6 is 22.9 Å². The fraction of sp³-hybridized carbons (Fsp3) is 0.444. The molecule has 0 aliphatic rings. The first kappa shape index (κ1) is 13.6. The highest BCUT2D eigenvalue weighted by molar-refractivity contribution is 7.92. The van der Waals surface area contributed by atoms with Gasteiger partial charge in [-0.1, -0.05) is 11.6 Å². The van der Waals surface area contributed by atoms with Crippen molar-refractivity contribution >= 4 is 38.6 Å². The molecule has 4 nitrogen and oxygen atoms in total. The summed E-state index contributed by atoms with van der Waals surface area (Å²) < 4.78 is 28.0. The largest absolute Gasteiger partial charge is 0.384 e. The third-order valence-corrected chi connectivity index (χ3v) is 4.56. The van der Waals surface area contributed by atoms with Gasteiger partial charge in [-0.3, -0.25) is 4.79 Å². The van der Waals surface area contributed by atoms with Crippen molar-refractivity contribution < 1.29 is 17.9 Å². The number of ketones is 1. The summed E-state index contributed by atoms with van der Waals surface area (Å²) in [5.74, 6) is -1.06. The second kappa shape index (κ2) is 5.77. The molecule has 90 valence electrons. The number of sulfone groups is 1. The summed E-state index contributed by atoms with van der Waals surface area (Å²) in [5, 5.41) is 0. The number of Topliss-reactive ketones (excluding diaryl/α,β-unsaturated/α-hetero) is 1. The predicted molar refractivity (Wildman–Crippen MR) is 64.2 cm³/mol. The predicted octanol–water partition coefficient (Wildman–Crippen LogP) is 1.65. The highest BCUT2D eigenvalue weighted by Gasteiger charge is 2.18. The molecule has 1 heterocycles. The van der Waals surface area contributed by atoms with E-state index in [1.54, 1.807) is 6.07 Å². The number of methoxy groups -OCH3 is 1. The summed E-state index contributed by atoms with van der Waals surface area (Å²) in [7, 11) is -1.98. The molecule has 1 rings (SSSR count). The van der Waals surface area contributed by atoms with Gasteiger partial charge in [-0.05, 0) is 12.1 Å². The number of halogens is 1. The van der Waals surface area contributed by atoms with Gasteiger partial charge >= 0.3 is 0 Å². The lowest BCUT2D eigenvalue weighted by atomic mass is 10.4. The summed E-state index contributed by atoms with van der Waals surface area (Å²) in [4.78, 5) is 11.9. The SMILES string of the molecule is COCCS(=O)(=O)CC(=O)c1ccc(Cl)s1. The molecule has 0 aliphatic carbocycles. The molecule has 0 aromatic carbocycles. The molecule has 0 unspecified atom stereocenters. The van der Waals surface area contributed by atoms with Crippen LogP contribution in [0.25, 0.3) is 0 Å². The van der Waals surface area contributed by atoms with E-state index >= 15 is 0 Å². The molecule has 7 heteroatoms. The van der Waals surface area contributed by atoms with Crippen molar-refractivity contribution in [3.05, 3.63) is 21.3 Å². The van der Waals surface area contributed by atoms with Crippen LogP contribution in [0.4, 0.5) is 0 Å². The van der Waals surface area contributed by atoms with Gasteiger partial charge in [0.15, 0.2) is 15.6 Å². The molecule has 0 saturated heterocycles. The highest BCUT2D eigenvalue weighted by atomic mass is 35.5. The topological polar surface area (TPSA) is 60.4 Å². The summed E-state index contributed by atoms with van der Waals surface area (Å²) >= 11 is 6.74. The molecule has 0 amide bonds. The molecule has 16 heavy (non-hydrogen) atoms. The second-order valence-electron chi connectivity index (χ2n) is 3.11. The Morgan fingerprint density at radius 3 is 2.69 bits per heavy atom. The lowest BCUT2D eigenvalue weighted by Gasteiger charge is -2.01. The number of ether oxygens (including phenoxy) is 1. The zero-order valence-corrected chi connectivity index (χ0v) is 11.0. The van der Waals surface area contributed by atoms with Crippen molar-refractivity contribution in [2.75, 3.05) is 25.2 Å². The number of rotatable bonds is 6. The Labute approximate surface area is 103 Å². The maximum atomic E-state index is 11.6. The van der Waals surface area contributed by atoms with Crippen molar-refractivity contribution in [3.63, 3.8) is 0 Å². The quantitative estimate of drug-likeness (QED) is 0.744. The molecule has 0 atom stereocenters. The first-order valence-corrected chi connectivity index (χ1v) is 7.44. The van der Waals surface area contributed by atoms with Gasteiger partial charge in [0.25, 0.3) is 0 Å². The second-order valence-corrected chi connectivity index (χ2v) is 7.01. The number of carbonyl (C=O) groups is 1. The zero-order chi connectivity index (χ0) is 12.2.